The Morgan fingerprint density at radius 3 is 2.31 bits per heavy atom. The average molecular weight is 241 g/mol. The van der Waals surface area contributed by atoms with Crippen molar-refractivity contribution in [2.24, 2.45) is 17.8 Å². The van der Waals surface area contributed by atoms with Crippen molar-refractivity contribution in [2.45, 2.75) is 45.7 Å². The minimum Gasteiger partial charge on any atom is -0.0778 e. The van der Waals surface area contributed by atoms with E-state index in [0.717, 1.165) is 17.8 Å². The van der Waals surface area contributed by atoms with Gasteiger partial charge in [-0.3, -0.25) is 0 Å². The van der Waals surface area contributed by atoms with E-state index in [9.17, 15) is 0 Å². The minimum atomic E-state index is -0.773. The molecule has 0 nitrogen and oxygen atoms in total. The van der Waals surface area contributed by atoms with Crippen LogP contribution in [0.5, 0.6) is 0 Å². The van der Waals surface area contributed by atoms with E-state index in [1.54, 1.807) is 0 Å². The van der Waals surface area contributed by atoms with Crippen LogP contribution in [0.3, 0.4) is 0 Å². The molecule has 0 heterocycles. The first-order chi connectivity index (χ1) is 6.02. The van der Waals surface area contributed by atoms with Gasteiger partial charge in [-0.05, 0) is 30.6 Å². The monoisotopic (exact) mass is 240 g/mol. The second-order valence-electron chi connectivity index (χ2n) is 4.65. The molecule has 13 heavy (non-hydrogen) atoms. The summed E-state index contributed by atoms with van der Waals surface area (Å²) >= 11 is 12.2. The molecule has 0 unspecified atom stereocenters. The molecule has 1 rings (SSSR count). The van der Waals surface area contributed by atoms with Crippen molar-refractivity contribution in [3.63, 3.8) is 0 Å². The van der Waals surface area contributed by atoms with E-state index in [2.05, 4.69) is 20.8 Å². The topological polar surface area (TPSA) is 0 Å². The molecule has 1 saturated carbocycles. The molecule has 0 aromatic heterocycles. The standard InChI is InChI=1S/C10H19Cl2P/c1-7(2)9-5-4-8(3)6-10(9)13(11)12/h7-10H,4-6H2,1-3H3/t8-,9-,10-/m1/s1. The Morgan fingerprint density at radius 1 is 1.23 bits per heavy atom. The van der Waals surface area contributed by atoms with Gasteiger partial charge in [0.05, 0.1) is 6.63 Å². The van der Waals surface area contributed by atoms with Gasteiger partial charge >= 0.3 is 0 Å². The summed E-state index contributed by atoms with van der Waals surface area (Å²) in [6.45, 7) is 6.13. The highest BCUT2D eigenvalue weighted by Crippen LogP contribution is 2.59. The third-order valence-electron chi connectivity index (χ3n) is 3.24. The van der Waals surface area contributed by atoms with Crippen molar-refractivity contribution < 1.29 is 0 Å². The summed E-state index contributed by atoms with van der Waals surface area (Å²) in [5.74, 6) is 2.32. The minimum absolute atomic E-state index is 0.585. The molecule has 1 aliphatic carbocycles. The van der Waals surface area contributed by atoms with Gasteiger partial charge in [-0.2, -0.15) is 0 Å². The van der Waals surface area contributed by atoms with Gasteiger partial charge in [0.15, 0.2) is 0 Å². The van der Waals surface area contributed by atoms with Gasteiger partial charge in [0.2, 0.25) is 0 Å². The van der Waals surface area contributed by atoms with E-state index in [1.165, 1.54) is 19.3 Å². The number of rotatable bonds is 2. The fraction of sp³-hybridized carbons (Fsp3) is 1.00. The van der Waals surface area contributed by atoms with Crippen molar-refractivity contribution >= 4 is 29.1 Å². The molecule has 0 spiro atoms. The zero-order chi connectivity index (χ0) is 10.0. The van der Waals surface area contributed by atoms with E-state index in [4.69, 9.17) is 22.5 Å². The van der Waals surface area contributed by atoms with Gasteiger partial charge in [0.25, 0.3) is 0 Å². The molecular weight excluding hydrogens is 222 g/mol. The Morgan fingerprint density at radius 2 is 1.85 bits per heavy atom. The van der Waals surface area contributed by atoms with Crippen molar-refractivity contribution in [2.75, 3.05) is 0 Å². The Hall–Kier alpha value is 1.01. The molecule has 3 atom stereocenters. The first kappa shape index (κ1) is 12.1. The summed E-state index contributed by atoms with van der Waals surface area (Å²) in [7, 11) is 0. The largest absolute Gasteiger partial charge is 0.0889 e. The van der Waals surface area contributed by atoms with E-state index < -0.39 is 6.63 Å². The van der Waals surface area contributed by atoms with Crippen molar-refractivity contribution in [1.29, 1.82) is 0 Å². The second-order valence-corrected chi connectivity index (χ2v) is 8.54. The van der Waals surface area contributed by atoms with Crippen LogP contribution in [0.25, 0.3) is 0 Å². The van der Waals surface area contributed by atoms with Crippen LogP contribution in [0.1, 0.15) is 40.0 Å². The van der Waals surface area contributed by atoms with Gasteiger partial charge in [-0.1, -0.05) is 49.7 Å². The summed E-state index contributed by atoms with van der Waals surface area (Å²) < 4.78 is 0. The number of halogens is 2. The second kappa shape index (κ2) is 5.19. The molecular formula is C10H19Cl2P. The SMILES string of the molecule is CC(C)[C@H]1CC[C@@H](C)C[C@H]1P(Cl)Cl. The Bertz CT molecular complexity index is 159. The molecule has 0 bridgehead atoms. The smallest absolute Gasteiger partial charge is 0.0778 e. The predicted octanol–water partition coefficient (Wildman–Crippen LogP) is 5.24. The van der Waals surface area contributed by atoms with E-state index in [1.807, 2.05) is 0 Å². The Balaban J connectivity index is 2.60. The molecule has 0 aliphatic heterocycles. The van der Waals surface area contributed by atoms with Crippen LogP contribution < -0.4 is 0 Å². The fourth-order valence-electron chi connectivity index (χ4n) is 2.38. The molecule has 1 aliphatic rings. The normalized spacial score (nSPS) is 35.8. The zero-order valence-corrected chi connectivity index (χ0v) is 11.0. The molecule has 78 valence electrons. The maximum Gasteiger partial charge on any atom is 0.0889 e. The van der Waals surface area contributed by atoms with Crippen LogP contribution in [-0.4, -0.2) is 5.66 Å². The summed E-state index contributed by atoms with van der Waals surface area (Å²) in [5, 5.41) is 0. The first-order valence-electron chi connectivity index (χ1n) is 5.13. The van der Waals surface area contributed by atoms with Crippen LogP contribution in [0.15, 0.2) is 0 Å². The van der Waals surface area contributed by atoms with Gasteiger partial charge in [-0.15, -0.1) is 0 Å². The number of hydrogen-bond acceptors (Lipinski definition) is 0. The quantitative estimate of drug-likeness (QED) is 0.580. The lowest BCUT2D eigenvalue weighted by molar-refractivity contribution is 0.243. The zero-order valence-electron chi connectivity index (χ0n) is 8.63. The van der Waals surface area contributed by atoms with Crippen LogP contribution in [0, 0.1) is 17.8 Å². The van der Waals surface area contributed by atoms with Crippen LogP contribution in [0.4, 0.5) is 0 Å². The van der Waals surface area contributed by atoms with E-state index in [0.29, 0.717) is 5.66 Å². The highest BCUT2D eigenvalue weighted by Gasteiger charge is 2.34. The lowest BCUT2D eigenvalue weighted by Gasteiger charge is -2.37. The van der Waals surface area contributed by atoms with Crippen molar-refractivity contribution in [3.05, 3.63) is 0 Å². The third-order valence-corrected chi connectivity index (χ3v) is 5.84. The van der Waals surface area contributed by atoms with E-state index in [-0.39, 0.29) is 0 Å². The van der Waals surface area contributed by atoms with Crippen LogP contribution in [-0.2, 0) is 0 Å². The van der Waals surface area contributed by atoms with Gasteiger partial charge in [-0.25, -0.2) is 0 Å². The third kappa shape index (κ3) is 3.26. The lowest BCUT2D eigenvalue weighted by atomic mass is 9.77. The van der Waals surface area contributed by atoms with Gasteiger partial charge in [0, 0.05) is 5.66 Å². The van der Waals surface area contributed by atoms with Crippen molar-refractivity contribution in [3.8, 4) is 0 Å². The molecule has 0 N–H and O–H groups in total. The maximum absolute atomic E-state index is 6.09. The maximum atomic E-state index is 6.09. The highest BCUT2D eigenvalue weighted by atomic mass is 35.9. The highest BCUT2D eigenvalue weighted by molar-refractivity contribution is 8.04. The van der Waals surface area contributed by atoms with Crippen LogP contribution >= 0.6 is 29.1 Å². The fourth-order valence-corrected chi connectivity index (χ4v) is 5.02. The molecule has 0 aromatic carbocycles. The van der Waals surface area contributed by atoms with Crippen LogP contribution in [0.2, 0.25) is 0 Å². The molecule has 0 saturated heterocycles. The van der Waals surface area contributed by atoms with Gasteiger partial charge in [0.1, 0.15) is 0 Å². The number of hydrogen-bond donors (Lipinski definition) is 0. The Kier molecular flexibility index (Phi) is 4.83. The van der Waals surface area contributed by atoms with Gasteiger partial charge < -0.3 is 0 Å². The Labute approximate surface area is 92.7 Å². The molecule has 3 heteroatoms. The summed E-state index contributed by atoms with van der Waals surface area (Å²) in [4.78, 5) is 0. The van der Waals surface area contributed by atoms with Crippen molar-refractivity contribution in [1.82, 2.24) is 0 Å². The summed E-state index contributed by atoms with van der Waals surface area (Å²) in [6, 6.07) is 0. The average Bonchev–Trinajstić information content (AvgIpc) is 2.03. The van der Waals surface area contributed by atoms with E-state index >= 15 is 0 Å². The molecule has 0 aromatic rings. The predicted molar refractivity (Wildman–Crippen MR) is 63.8 cm³/mol. The molecule has 1 fully saturated rings. The lowest BCUT2D eigenvalue weighted by Crippen LogP contribution is -2.29. The molecule has 0 amide bonds. The molecule has 0 radical (unpaired) electrons. The summed E-state index contributed by atoms with van der Waals surface area (Å²) in [6.07, 6.45) is 3.92. The first-order valence-corrected chi connectivity index (χ1v) is 8.35. The summed E-state index contributed by atoms with van der Waals surface area (Å²) in [5.41, 5.74) is 0.585.